The highest BCUT2D eigenvalue weighted by atomic mass is 32.1. The van der Waals surface area contributed by atoms with Gasteiger partial charge in [0.15, 0.2) is 0 Å². The van der Waals surface area contributed by atoms with E-state index in [0.29, 0.717) is 6.04 Å². The second kappa shape index (κ2) is 5.82. The van der Waals surface area contributed by atoms with Crippen LogP contribution in [-0.4, -0.2) is 29.1 Å². The molecule has 1 aromatic rings. The van der Waals surface area contributed by atoms with Crippen LogP contribution in [0.25, 0.3) is 6.08 Å². The van der Waals surface area contributed by atoms with Crippen LogP contribution >= 0.6 is 11.3 Å². The number of aliphatic carboxylic acids is 1. The van der Waals surface area contributed by atoms with E-state index in [2.05, 4.69) is 25.8 Å². The minimum absolute atomic E-state index is 0.514. The predicted molar refractivity (Wildman–Crippen MR) is 67.6 cm³/mol. The molecule has 0 spiro atoms. The lowest BCUT2D eigenvalue weighted by atomic mass is 10.3. The molecule has 0 saturated carbocycles. The van der Waals surface area contributed by atoms with Gasteiger partial charge in [-0.05, 0) is 39.1 Å². The zero-order valence-corrected chi connectivity index (χ0v) is 10.6. The minimum Gasteiger partial charge on any atom is -0.478 e. The van der Waals surface area contributed by atoms with E-state index < -0.39 is 5.97 Å². The highest BCUT2D eigenvalue weighted by Gasteiger charge is 2.05. The maximum absolute atomic E-state index is 10.4. The summed E-state index contributed by atoms with van der Waals surface area (Å²) >= 11 is 1.63. The van der Waals surface area contributed by atoms with Gasteiger partial charge in [0.05, 0.1) is 0 Å². The molecular weight excluding hydrogens is 222 g/mol. The summed E-state index contributed by atoms with van der Waals surface area (Å²) in [5.41, 5.74) is 0. The van der Waals surface area contributed by atoms with Crippen molar-refractivity contribution < 1.29 is 9.90 Å². The molecule has 0 atom stereocenters. The van der Waals surface area contributed by atoms with E-state index in [1.165, 1.54) is 11.0 Å². The van der Waals surface area contributed by atoms with Gasteiger partial charge >= 0.3 is 5.97 Å². The van der Waals surface area contributed by atoms with E-state index in [-0.39, 0.29) is 0 Å². The average molecular weight is 239 g/mol. The lowest BCUT2D eigenvalue weighted by Gasteiger charge is -2.19. The summed E-state index contributed by atoms with van der Waals surface area (Å²) in [5, 5.41) is 8.51. The molecule has 88 valence electrons. The monoisotopic (exact) mass is 239 g/mol. The summed E-state index contributed by atoms with van der Waals surface area (Å²) in [6.45, 7) is 5.21. The van der Waals surface area contributed by atoms with E-state index in [9.17, 15) is 4.79 Å². The van der Waals surface area contributed by atoms with Crippen molar-refractivity contribution in [1.29, 1.82) is 0 Å². The van der Waals surface area contributed by atoms with Crippen molar-refractivity contribution in [2.75, 3.05) is 7.05 Å². The summed E-state index contributed by atoms with van der Waals surface area (Å²) in [5.74, 6) is -0.908. The molecule has 16 heavy (non-hydrogen) atoms. The lowest BCUT2D eigenvalue weighted by molar-refractivity contribution is -0.131. The summed E-state index contributed by atoms with van der Waals surface area (Å²) in [7, 11) is 2.08. The smallest absolute Gasteiger partial charge is 0.328 e. The molecule has 1 heterocycles. The molecule has 0 aliphatic heterocycles. The van der Waals surface area contributed by atoms with Gasteiger partial charge in [0.25, 0.3) is 0 Å². The molecule has 0 amide bonds. The second-order valence-electron chi connectivity index (χ2n) is 3.98. The number of rotatable bonds is 5. The third-order valence-electron chi connectivity index (χ3n) is 2.36. The van der Waals surface area contributed by atoms with Gasteiger partial charge < -0.3 is 5.11 Å². The Labute approximate surface area is 100 Å². The van der Waals surface area contributed by atoms with Crippen LogP contribution in [0, 0.1) is 0 Å². The topological polar surface area (TPSA) is 40.5 Å². The van der Waals surface area contributed by atoms with Crippen LogP contribution in [0.5, 0.6) is 0 Å². The number of hydrogen-bond acceptors (Lipinski definition) is 3. The average Bonchev–Trinajstić information content (AvgIpc) is 2.62. The first-order chi connectivity index (χ1) is 7.49. The fourth-order valence-corrected chi connectivity index (χ4v) is 2.13. The molecular formula is C12H17NO2S. The number of thiophene rings is 1. The molecule has 0 radical (unpaired) electrons. The van der Waals surface area contributed by atoms with Crippen molar-refractivity contribution in [3.8, 4) is 0 Å². The molecule has 0 aliphatic rings. The molecule has 0 saturated heterocycles. The van der Waals surface area contributed by atoms with Crippen LogP contribution in [0.2, 0.25) is 0 Å². The van der Waals surface area contributed by atoms with Gasteiger partial charge in [0.2, 0.25) is 0 Å². The number of hydrogen-bond donors (Lipinski definition) is 1. The van der Waals surface area contributed by atoms with Crippen LogP contribution in [0.1, 0.15) is 23.6 Å². The summed E-state index contributed by atoms with van der Waals surface area (Å²) in [4.78, 5) is 14.8. The molecule has 1 rings (SSSR count). The Morgan fingerprint density at radius 1 is 1.56 bits per heavy atom. The van der Waals surface area contributed by atoms with Crippen molar-refractivity contribution in [2.45, 2.75) is 26.4 Å². The molecule has 0 bridgehead atoms. The van der Waals surface area contributed by atoms with Crippen LogP contribution < -0.4 is 0 Å². The Morgan fingerprint density at radius 2 is 2.25 bits per heavy atom. The Bertz CT molecular complexity index is 382. The van der Waals surface area contributed by atoms with Crippen LogP contribution in [0.15, 0.2) is 18.2 Å². The van der Waals surface area contributed by atoms with Gasteiger partial charge in [0, 0.05) is 28.4 Å². The van der Waals surface area contributed by atoms with Crippen molar-refractivity contribution in [2.24, 2.45) is 0 Å². The summed E-state index contributed by atoms with van der Waals surface area (Å²) in [6, 6.07) is 4.51. The van der Waals surface area contributed by atoms with E-state index in [1.807, 2.05) is 12.1 Å². The van der Waals surface area contributed by atoms with Crippen LogP contribution in [0.4, 0.5) is 0 Å². The van der Waals surface area contributed by atoms with E-state index in [0.717, 1.165) is 11.4 Å². The maximum atomic E-state index is 10.4. The molecule has 3 nitrogen and oxygen atoms in total. The molecule has 1 N–H and O–H groups in total. The minimum atomic E-state index is -0.908. The standard InChI is InChI=1S/C12H17NO2S/c1-9(2)13(3)8-11-5-4-10(16-11)6-7-12(14)15/h4-7,9H,8H2,1-3H3,(H,14,15). The molecule has 0 aromatic carbocycles. The fraction of sp³-hybridized carbons (Fsp3) is 0.417. The Balaban J connectivity index is 2.61. The first-order valence-electron chi connectivity index (χ1n) is 5.19. The van der Waals surface area contributed by atoms with E-state index in [1.54, 1.807) is 17.4 Å². The van der Waals surface area contributed by atoms with Crippen molar-refractivity contribution in [3.63, 3.8) is 0 Å². The van der Waals surface area contributed by atoms with Gasteiger partial charge in [-0.3, -0.25) is 4.90 Å². The third kappa shape index (κ3) is 4.16. The molecule has 1 aromatic heterocycles. The predicted octanol–water partition coefficient (Wildman–Crippen LogP) is 2.69. The first-order valence-corrected chi connectivity index (χ1v) is 6.00. The number of carboxylic acid groups (broad SMARTS) is 1. The molecule has 0 fully saturated rings. The first kappa shape index (κ1) is 12.9. The van der Waals surface area contributed by atoms with Crippen LogP contribution in [-0.2, 0) is 11.3 Å². The maximum Gasteiger partial charge on any atom is 0.328 e. The highest BCUT2D eigenvalue weighted by Crippen LogP contribution is 2.19. The number of nitrogens with zero attached hydrogens (tertiary/aromatic N) is 1. The zero-order chi connectivity index (χ0) is 12.1. The molecule has 0 aliphatic carbocycles. The largest absolute Gasteiger partial charge is 0.478 e. The zero-order valence-electron chi connectivity index (χ0n) is 9.80. The Morgan fingerprint density at radius 3 is 2.81 bits per heavy atom. The molecule has 4 heteroatoms. The van der Waals surface area contributed by atoms with Gasteiger partial charge in [-0.25, -0.2) is 4.79 Å². The van der Waals surface area contributed by atoms with Gasteiger partial charge in [0.1, 0.15) is 0 Å². The third-order valence-corrected chi connectivity index (χ3v) is 3.39. The van der Waals surface area contributed by atoms with Crippen molar-refractivity contribution >= 4 is 23.4 Å². The second-order valence-corrected chi connectivity index (χ2v) is 5.18. The highest BCUT2D eigenvalue weighted by molar-refractivity contribution is 7.12. The fourth-order valence-electron chi connectivity index (χ4n) is 1.15. The summed E-state index contributed by atoms with van der Waals surface area (Å²) < 4.78 is 0. The van der Waals surface area contributed by atoms with Gasteiger partial charge in [-0.2, -0.15) is 0 Å². The SMILES string of the molecule is CC(C)N(C)Cc1ccc(C=CC(=O)O)s1. The normalized spacial score (nSPS) is 11.8. The summed E-state index contributed by atoms with van der Waals surface area (Å²) in [6.07, 6.45) is 2.80. The van der Waals surface area contributed by atoms with Crippen molar-refractivity contribution in [1.82, 2.24) is 4.90 Å². The number of carboxylic acids is 1. The van der Waals surface area contributed by atoms with Gasteiger partial charge in [-0.1, -0.05) is 0 Å². The van der Waals surface area contributed by atoms with Crippen molar-refractivity contribution in [3.05, 3.63) is 28.0 Å². The molecule has 0 unspecified atom stereocenters. The van der Waals surface area contributed by atoms with E-state index >= 15 is 0 Å². The van der Waals surface area contributed by atoms with Crippen LogP contribution in [0.3, 0.4) is 0 Å². The lowest BCUT2D eigenvalue weighted by Crippen LogP contribution is -2.24. The van der Waals surface area contributed by atoms with E-state index in [4.69, 9.17) is 5.11 Å². The quantitative estimate of drug-likeness (QED) is 0.803. The van der Waals surface area contributed by atoms with Gasteiger partial charge in [-0.15, -0.1) is 11.3 Å². The Kier molecular flexibility index (Phi) is 4.71. The Hall–Kier alpha value is -1.13. The number of carbonyl (C=O) groups is 1.